The summed E-state index contributed by atoms with van der Waals surface area (Å²) < 4.78 is 1.09. The van der Waals surface area contributed by atoms with Crippen LogP contribution < -0.4 is 11.1 Å². The number of hydrogen-bond donors (Lipinski definition) is 3. The number of carbonyl (C=O) groups is 2. The number of aromatic nitrogens is 3. The van der Waals surface area contributed by atoms with Crippen molar-refractivity contribution in [3.8, 4) is 11.4 Å². The lowest BCUT2D eigenvalue weighted by molar-refractivity contribution is -0.119. The number of aromatic amines is 1. The molecule has 0 saturated carbocycles. The molecule has 0 bridgehead atoms. The van der Waals surface area contributed by atoms with Gasteiger partial charge in [0.15, 0.2) is 0 Å². The van der Waals surface area contributed by atoms with Crippen LogP contribution >= 0.6 is 22.6 Å². The molecule has 0 unspecified atom stereocenters. The minimum Gasteiger partial charge on any atom is -0.368 e. The van der Waals surface area contributed by atoms with Gasteiger partial charge < -0.3 is 16.0 Å². The Morgan fingerprint density at radius 2 is 1.80 bits per heavy atom. The predicted molar refractivity (Wildman–Crippen MR) is 123 cm³/mol. The molecule has 0 saturated heterocycles. The average Bonchev–Trinajstić information content (AvgIpc) is 3.18. The summed E-state index contributed by atoms with van der Waals surface area (Å²) in [5.41, 5.74) is 9.23. The van der Waals surface area contributed by atoms with Crippen LogP contribution in [0.4, 0.5) is 0 Å². The number of rotatable bonds is 6. The second-order valence-electron chi connectivity index (χ2n) is 6.81. The Morgan fingerprint density at radius 1 is 1.07 bits per heavy atom. The Labute approximate surface area is 186 Å². The van der Waals surface area contributed by atoms with Crippen molar-refractivity contribution in [3.63, 3.8) is 0 Å². The Kier molecular flexibility index (Phi) is 5.75. The highest BCUT2D eigenvalue weighted by atomic mass is 127. The van der Waals surface area contributed by atoms with Gasteiger partial charge in [0.2, 0.25) is 5.91 Å². The summed E-state index contributed by atoms with van der Waals surface area (Å²) in [7, 11) is 0. The van der Waals surface area contributed by atoms with Gasteiger partial charge in [-0.1, -0.05) is 12.1 Å². The third kappa shape index (κ3) is 4.48. The molecule has 2 heterocycles. The second-order valence-corrected chi connectivity index (χ2v) is 8.06. The van der Waals surface area contributed by atoms with Gasteiger partial charge in [-0.25, -0.2) is 4.98 Å². The molecule has 4 rings (SSSR count). The van der Waals surface area contributed by atoms with Gasteiger partial charge in [-0.3, -0.25) is 14.6 Å². The van der Waals surface area contributed by atoms with Crippen LogP contribution in [0.3, 0.4) is 0 Å². The quantitative estimate of drug-likeness (QED) is 0.346. The molecule has 0 aliphatic rings. The molecule has 2 aromatic carbocycles. The van der Waals surface area contributed by atoms with E-state index in [1.165, 1.54) is 0 Å². The van der Waals surface area contributed by atoms with Crippen LogP contribution in [0.5, 0.6) is 0 Å². The summed E-state index contributed by atoms with van der Waals surface area (Å²) in [4.78, 5) is 36.4. The van der Waals surface area contributed by atoms with E-state index in [1.54, 1.807) is 30.6 Å². The van der Waals surface area contributed by atoms with Crippen LogP contribution in [0, 0.1) is 3.57 Å². The number of carbonyl (C=O) groups excluding carboxylic acids is 2. The Morgan fingerprint density at radius 3 is 2.50 bits per heavy atom. The molecule has 0 aliphatic carbocycles. The SMILES string of the molecule is NC(=O)[C@H](Cc1ccc(I)cc1)NC(=O)c1ccc2nc(-c3ccncc3)[nH]c2c1. The highest BCUT2D eigenvalue weighted by Gasteiger charge is 2.20. The van der Waals surface area contributed by atoms with Gasteiger partial charge in [-0.2, -0.15) is 0 Å². The van der Waals surface area contributed by atoms with Gasteiger partial charge in [-0.05, 0) is 70.6 Å². The zero-order valence-corrected chi connectivity index (χ0v) is 18.0. The van der Waals surface area contributed by atoms with E-state index in [0.29, 0.717) is 17.8 Å². The van der Waals surface area contributed by atoms with Crippen LogP contribution in [0.25, 0.3) is 22.4 Å². The third-order valence-electron chi connectivity index (χ3n) is 4.70. The molecule has 1 atom stereocenters. The molecule has 0 aliphatic heterocycles. The van der Waals surface area contributed by atoms with E-state index in [1.807, 2.05) is 36.4 Å². The minimum atomic E-state index is -0.803. The summed E-state index contributed by atoms with van der Waals surface area (Å²) in [5.74, 6) is -0.255. The number of amides is 2. The van der Waals surface area contributed by atoms with Crippen LogP contribution in [0.15, 0.2) is 67.0 Å². The molecule has 8 heteroatoms. The van der Waals surface area contributed by atoms with Gasteiger partial charge in [-0.15, -0.1) is 0 Å². The van der Waals surface area contributed by atoms with Crippen molar-refractivity contribution < 1.29 is 9.59 Å². The van der Waals surface area contributed by atoms with Crippen molar-refractivity contribution in [2.45, 2.75) is 12.5 Å². The molecular formula is C22H18IN5O2. The number of halogens is 1. The lowest BCUT2D eigenvalue weighted by atomic mass is 10.0. The van der Waals surface area contributed by atoms with Gasteiger partial charge in [0, 0.05) is 33.5 Å². The fraction of sp³-hybridized carbons (Fsp3) is 0.0909. The number of pyridine rings is 1. The number of primary amides is 1. The molecule has 4 N–H and O–H groups in total. The highest BCUT2D eigenvalue weighted by Crippen LogP contribution is 2.21. The van der Waals surface area contributed by atoms with E-state index in [-0.39, 0.29) is 5.91 Å². The average molecular weight is 511 g/mol. The van der Waals surface area contributed by atoms with Gasteiger partial charge in [0.1, 0.15) is 11.9 Å². The lowest BCUT2D eigenvalue weighted by Crippen LogP contribution is -2.45. The van der Waals surface area contributed by atoms with Gasteiger partial charge in [0.05, 0.1) is 11.0 Å². The molecule has 7 nitrogen and oxygen atoms in total. The normalized spacial score (nSPS) is 11.9. The maximum absolute atomic E-state index is 12.8. The summed E-state index contributed by atoms with van der Waals surface area (Å²) >= 11 is 2.21. The Balaban J connectivity index is 1.54. The Bertz CT molecular complexity index is 1210. The lowest BCUT2D eigenvalue weighted by Gasteiger charge is -2.16. The number of H-pyrrole nitrogens is 1. The van der Waals surface area contributed by atoms with Crippen molar-refractivity contribution in [2.75, 3.05) is 0 Å². The van der Waals surface area contributed by atoms with E-state index in [4.69, 9.17) is 5.73 Å². The van der Waals surface area contributed by atoms with E-state index < -0.39 is 11.9 Å². The molecule has 0 fully saturated rings. The molecule has 4 aromatic rings. The molecule has 2 aromatic heterocycles. The first-order valence-electron chi connectivity index (χ1n) is 9.24. The first-order valence-corrected chi connectivity index (χ1v) is 10.3. The van der Waals surface area contributed by atoms with Crippen molar-refractivity contribution in [2.24, 2.45) is 5.73 Å². The first-order chi connectivity index (χ1) is 14.5. The number of imidazole rings is 1. The zero-order chi connectivity index (χ0) is 21.1. The standard InChI is InChI=1S/C22H18IN5O2/c23-16-4-1-13(2-5-16)11-19(20(24)29)28-22(30)15-3-6-17-18(12-15)27-21(26-17)14-7-9-25-10-8-14/h1-10,12,19H,11H2,(H2,24,29)(H,26,27)(H,28,30)/t19-/m0/s1. The zero-order valence-electron chi connectivity index (χ0n) is 15.8. The molecule has 2 amide bonds. The fourth-order valence-electron chi connectivity index (χ4n) is 3.12. The van der Waals surface area contributed by atoms with E-state index in [2.05, 4.69) is 42.9 Å². The van der Waals surface area contributed by atoms with E-state index >= 15 is 0 Å². The number of hydrogen-bond acceptors (Lipinski definition) is 4. The van der Waals surface area contributed by atoms with Gasteiger partial charge in [0.25, 0.3) is 5.91 Å². The maximum Gasteiger partial charge on any atom is 0.252 e. The number of benzene rings is 2. The van der Waals surface area contributed by atoms with Crippen LogP contribution in [0.2, 0.25) is 0 Å². The number of nitrogens with one attached hydrogen (secondary N) is 2. The highest BCUT2D eigenvalue weighted by molar-refractivity contribution is 14.1. The maximum atomic E-state index is 12.8. The summed E-state index contributed by atoms with van der Waals surface area (Å²) in [6.07, 6.45) is 3.72. The van der Waals surface area contributed by atoms with Crippen molar-refractivity contribution >= 4 is 45.4 Å². The molecule has 30 heavy (non-hydrogen) atoms. The van der Waals surface area contributed by atoms with Crippen LogP contribution in [0.1, 0.15) is 15.9 Å². The van der Waals surface area contributed by atoms with E-state index in [9.17, 15) is 9.59 Å². The molecular weight excluding hydrogens is 493 g/mol. The largest absolute Gasteiger partial charge is 0.368 e. The smallest absolute Gasteiger partial charge is 0.252 e. The van der Waals surface area contributed by atoms with Crippen LogP contribution in [-0.2, 0) is 11.2 Å². The van der Waals surface area contributed by atoms with Crippen molar-refractivity contribution in [3.05, 3.63) is 81.7 Å². The summed E-state index contributed by atoms with van der Waals surface area (Å²) in [6.45, 7) is 0. The monoisotopic (exact) mass is 511 g/mol. The third-order valence-corrected chi connectivity index (χ3v) is 5.42. The number of nitrogens with two attached hydrogens (primary N) is 1. The molecule has 0 radical (unpaired) electrons. The molecule has 150 valence electrons. The number of nitrogens with zero attached hydrogens (tertiary/aromatic N) is 2. The van der Waals surface area contributed by atoms with Crippen molar-refractivity contribution in [1.29, 1.82) is 0 Å². The summed E-state index contributed by atoms with van der Waals surface area (Å²) in [6, 6.07) is 15.8. The minimum absolute atomic E-state index is 0.330. The van der Waals surface area contributed by atoms with Crippen LogP contribution in [-0.4, -0.2) is 32.8 Å². The topological polar surface area (TPSA) is 114 Å². The Hall–Kier alpha value is -3.27. The summed E-state index contributed by atoms with van der Waals surface area (Å²) in [5, 5.41) is 2.74. The van der Waals surface area contributed by atoms with Crippen molar-refractivity contribution in [1.82, 2.24) is 20.3 Å². The predicted octanol–water partition coefficient (Wildman–Crippen LogP) is 3.06. The second kappa shape index (κ2) is 8.62. The number of fused-ring (bicyclic) bond motifs is 1. The van der Waals surface area contributed by atoms with E-state index in [0.717, 1.165) is 25.7 Å². The van der Waals surface area contributed by atoms with Gasteiger partial charge >= 0.3 is 0 Å². The fourth-order valence-corrected chi connectivity index (χ4v) is 3.48. The molecule has 0 spiro atoms. The first kappa shape index (κ1) is 20.0.